The van der Waals surface area contributed by atoms with Crippen LogP contribution in [0.15, 0.2) is 182 Å². The fraction of sp³-hybridized carbons (Fsp3) is 0.207. The van der Waals surface area contributed by atoms with Gasteiger partial charge in [-0.15, -0.1) is 0 Å². The first kappa shape index (κ1) is 57.1. The molecule has 4 nitrogen and oxygen atoms in total. The van der Waals surface area contributed by atoms with E-state index in [0.717, 1.165) is 53.8 Å². The van der Waals surface area contributed by atoms with E-state index in [0.29, 0.717) is 45.7 Å². The highest BCUT2D eigenvalue weighted by Crippen LogP contribution is 2.40. The van der Waals surface area contributed by atoms with E-state index in [9.17, 15) is 39.5 Å². The number of halogens is 12. The van der Waals surface area contributed by atoms with Crippen LogP contribution < -0.4 is 10.6 Å². The van der Waals surface area contributed by atoms with Crippen molar-refractivity contribution in [1.29, 1.82) is 0 Å². The Kier molecular flexibility index (Phi) is 19.9. The summed E-state index contributed by atoms with van der Waals surface area (Å²) in [6.07, 6.45) is -4.82. The van der Waals surface area contributed by atoms with E-state index in [1.165, 1.54) is 30.6 Å². The van der Waals surface area contributed by atoms with E-state index in [1.54, 1.807) is 54.6 Å². The van der Waals surface area contributed by atoms with Crippen LogP contribution in [-0.4, -0.2) is 16.5 Å². The molecule has 16 heteroatoms. The van der Waals surface area contributed by atoms with Crippen LogP contribution in [0.1, 0.15) is 76.2 Å². The second-order valence-corrected chi connectivity index (χ2v) is 18.2. The van der Waals surface area contributed by atoms with E-state index < -0.39 is 52.0 Å². The molecule has 0 aliphatic heterocycles. The largest absolute Gasteiger partial charge is 0.416 e. The minimum absolute atomic E-state index is 0.0129. The maximum absolute atomic E-state index is 14.6. The molecular weight excluding hydrogens is 1030 g/mol. The molecule has 2 N–H and O–H groups in total. The van der Waals surface area contributed by atoms with Crippen LogP contribution in [0.4, 0.5) is 39.5 Å². The summed E-state index contributed by atoms with van der Waals surface area (Å²) >= 11 is 18.4. The van der Waals surface area contributed by atoms with Gasteiger partial charge in [0.1, 0.15) is 17.5 Å². The van der Waals surface area contributed by atoms with Gasteiger partial charge in [0.05, 0.1) is 43.6 Å². The summed E-state index contributed by atoms with van der Waals surface area (Å²) < 4.78 is 125. The van der Waals surface area contributed by atoms with Crippen LogP contribution in [0.25, 0.3) is 0 Å². The Labute approximate surface area is 439 Å². The van der Waals surface area contributed by atoms with Gasteiger partial charge in [0.15, 0.2) is 0 Å². The third-order valence-electron chi connectivity index (χ3n) is 11.9. The van der Waals surface area contributed by atoms with Crippen LogP contribution in [0.5, 0.6) is 0 Å². The quantitative estimate of drug-likeness (QED) is 0.0748. The maximum Gasteiger partial charge on any atom is 0.416 e. The number of rotatable bonds is 16. The molecule has 6 aromatic carbocycles. The molecule has 0 radical (unpaired) electrons. The summed E-state index contributed by atoms with van der Waals surface area (Å²) in [5.74, 6) is -2.55. The van der Waals surface area contributed by atoms with Crippen molar-refractivity contribution in [3.05, 3.63) is 271 Å². The van der Waals surface area contributed by atoms with Crippen molar-refractivity contribution in [3.8, 4) is 0 Å². The first-order chi connectivity index (χ1) is 35.3. The van der Waals surface area contributed by atoms with Gasteiger partial charge in [-0.05, 0) is 132 Å². The van der Waals surface area contributed by atoms with Crippen molar-refractivity contribution in [2.24, 2.45) is 0 Å². The van der Waals surface area contributed by atoms with Crippen molar-refractivity contribution in [2.45, 2.75) is 69.5 Å². The summed E-state index contributed by atoms with van der Waals surface area (Å²) in [4.78, 5) is 8.88. The summed E-state index contributed by atoms with van der Waals surface area (Å²) in [5.41, 5.74) is -0.880. The molecule has 2 heterocycles. The second-order valence-electron chi connectivity index (χ2n) is 16.9. The van der Waals surface area contributed by atoms with Crippen LogP contribution >= 0.6 is 34.8 Å². The number of hydrogen-bond acceptors (Lipinski definition) is 4. The van der Waals surface area contributed by atoms with Gasteiger partial charge in [0.2, 0.25) is 0 Å². The van der Waals surface area contributed by atoms with Crippen molar-refractivity contribution in [2.75, 3.05) is 6.54 Å². The predicted octanol–water partition coefficient (Wildman–Crippen LogP) is 16.6. The highest BCUT2D eigenvalue weighted by molar-refractivity contribution is 6.31. The zero-order valence-corrected chi connectivity index (χ0v) is 42.3. The van der Waals surface area contributed by atoms with Crippen LogP contribution in [0, 0.1) is 17.5 Å². The van der Waals surface area contributed by atoms with Crippen LogP contribution in [0.3, 0.4) is 0 Å². The topological polar surface area (TPSA) is 49.8 Å². The molecule has 0 aliphatic carbocycles. The average molecular weight is 1080 g/mol. The van der Waals surface area contributed by atoms with Gasteiger partial charge in [-0.1, -0.05) is 140 Å². The SMILES string of the molecule is CC.Fc1cc(C(F)(F)F)cc(C(Cc2ccccc2)(NCCCc2ccccc2)c2ccc(Cl)cn2)c1.Fc1cc(C(F)(F)F)cc(C(Cc2ccccc2)(NCc2cc(F)ccc2Cl)c2ccc(Cl)cn2)c1. The molecule has 2 aromatic heterocycles. The number of aromatic nitrogens is 2. The number of benzene rings is 6. The average Bonchev–Trinajstić information content (AvgIpc) is 3.38. The molecule has 2 unspecified atom stereocenters. The molecule has 0 aliphatic rings. The molecule has 2 atom stereocenters. The van der Waals surface area contributed by atoms with E-state index in [2.05, 4.69) is 20.6 Å². The number of alkyl halides is 6. The molecule has 0 saturated heterocycles. The van der Waals surface area contributed by atoms with Gasteiger partial charge < -0.3 is 5.32 Å². The van der Waals surface area contributed by atoms with Gasteiger partial charge in [-0.25, -0.2) is 13.2 Å². The van der Waals surface area contributed by atoms with Crippen molar-refractivity contribution < 1.29 is 39.5 Å². The van der Waals surface area contributed by atoms with Crippen molar-refractivity contribution in [1.82, 2.24) is 20.6 Å². The lowest BCUT2D eigenvalue weighted by atomic mass is 9.79. The fourth-order valence-electron chi connectivity index (χ4n) is 8.42. The summed E-state index contributed by atoms with van der Waals surface area (Å²) in [6, 6.07) is 43.5. The fourth-order valence-corrected chi connectivity index (χ4v) is 8.82. The minimum Gasteiger partial charge on any atom is -0.302 e. The molecule has 386 valence electrons. The number of pyridine rings is 2. The smallest absolute Gasteiger partial charge is 0.302 e. The highest BCUT2D eigenvalue weighted by Gasteiger charge is 2.41. The Bertz CT molecular complexity index is 3020. The van der Waals surface area contributed by atoms with Gasteiger partial charge in [-0.3, -0.25) is 15.3 Å². The molecule has 0 saturated carbocycles. The lowest BCUT2D eigenvalue weighted by molar-refractivity contribution is -0.138. The molecule has 0 bridgehead atoms. The lowest BCUT2D eigenvalue weighted by Gasteiger charge is -2.36. The third-order valence-corrected chi connectivity index (χ3v) is 12.7. The Hall–Kier alpha value is -6.22. The molecule has 74 heavy (non-hydrogen) atoms. The summed E-state index contributed by atoms with van der Waals surface area (Å²) in [7, 11) is 0. The monoisotopic (exact) mass is 1080 g/mol. The maximum atomic E-state index is 14.6. The summed E-state index contributed by atoms with van der Waals surface area (Å²) in [6.45, 7) is 4.41. The predicted molar refractivity (Wildman–Crippen MR) is 276 cm³/mol. The lowest BCUT2D eigenvalue weighted by Crippen LogP contribution is -2.47. The Morgan fingerprint density at radius 3 is 1.28 bits per heavy atom. The summed E-state index contributed by atoms with van der Waals surface area (Å²) in [5, 5.41) is 7.68. The van der Waals surface area contributed by atoms with E-state index in [1.807, 2.05) is 74.5 Å². The van der Waals surface area contributed by atoms with E-state index in [-0.39, 0.29) is 35.5 Å². The third kappa shape index (κ3) is 15.2. The van der Waals surface area contributed by atoms with Crippen LogP contribution in [0.2, 0.25) is 15.1 Å². The second kappa shape index (κ2) is 25.8. The normalized spacial score (nSPS) is 13.1. The van der Waals surface area contributed by atoms with Crippen LogP contribution in [-0.2, 0) is 49.2 Å². The first-order valence-electron chi connectivity index (χ1n) is 23.4. The molecular formula is C58H50Cl3F9N4. The van der Waals surface area contributed by atoms with E-state index in [4.69, 9.17) is 34.8 Å². The van der Waals surface area contributed by atoms with Crippen molar-refractivity contribution in [3.63, 3.8) is 0 Å². The molecule has 8 aromatic rings. The number of nitrogens with one attached hydrogen (secondary N) is 2. The number of hydrogen-bond donors (Lipinski definition) is 2. The highest BCUT2D eigenvalue weighted by atomic mass is 35.5. The molecule has 8 rings (SSSR count). The minimum atomic E-state index is -4.78. The molecule has 0 amide bonds. The number of nitrogens with zero attached hydrogens (tertiary/aromatic N) is 2. The zero-order chi connectivity index (χ0) is 53.5. The Morgan fingerprint density at radius 1 is 0.446 bits per heavy atom. The molecule has 0 fully saturated rings. The van der Waals surface area contributed by atoms with Gasteiger partial charge in [0.25, 0.3) is 0 Å². The van der Waals surface area contributed by atoms with Crippen molar-refractivity contribution >= 4 is 34.8 Å². The van der Waals surface area contributed by atoms with Gasteiger partial charge in [0, 0.05) is 36.8 Å². The first-order valence-corrected chi connectivity index (χ1v) is 24.5. The van der Waals surface area contributed by atoms with E-state index >= 15 is 0 Å². The Balaban J connectivity index is 0.000000233. The van der Waals surface area contributed by atoms with Gasteiger partial charge >= 0.3 is 12.4 Å². The van der Waals surface area contributed by atoms with Gasteiger partial charge in [-0.2, -0.15) is 26.3 Å². The Morgan fingerprint density at radius 2 is 0.865 bits per heavy atom. The number of aryl methyl sites for hydroxylation is 1. The molecule has 0 spiro atoms. The zero-order valence-electron chi connectivity index (χ0n) is 40.0. The standard InChI is InChI=1S/C29H25ClF4N2.C27H19Cl2F5N2.C2H6/c30-25-13-14-27(35-20-25)28(19-22-10-5-2-6-11-22,36-15-7-12-21-8-3-1-4-9-21)23-16-24(29(32,33)34)18-26(31)17-23;28-21-6-9-25(35-16-21)26(14-17-4-2-1-3-5-17,36-15-18-10-22(30)7-8-24(18)29)19-11-20(27(32,33)34)13-23(31)12-19;1-2/h1-6,8-11,13-14,16-18,20,36H,7,12,15,19H2;1-13,16,36H,14-15H2;1-2H3.